The molecule has 0 bridgehead atoms. The van der Waals surface area contributed by atoms with Gasteiger partial charge in [0.15, 0.2) is 0 Å². The fourth-order valence-corrected chi connectivity index (χ4v) is 10.1. The molecule has 3 aliphatic heterocycles. The van der Waals surface area contributed by atoms with Crippen molar-refractivity contribution in [2.45, 2.75) is 105 Å². The van der Waals surface area contributed by atoms with Gasteiger partial charge in [0, 0.05) is 58.4 Å². The lowest BCUT2D eigenvalue weighted by atomic mass is 9.36. The molecule has 0 unspecified atom stereocenters. The molecule has 0 radical (unpaired) electrons. The van der Waals surface area contributed by atoms with E-state index in [1.165, 1.54) is 37.2 Å². The molecule has 5 heteroatoms. The number of ether oxygens (including phenoxy) is 1. The predicted octanol–water partition coefficient (Wildman–Crippen LogP) is 11.9. The zero-order valence-electron chi connectivity index (χ0n) is 36.7. The number of hydrogen-bond acceptors (Lipinski definition) is 4. The summed E-state index contributed by atoms with van der Waals surface area (Å²) in [6.45, 7) is 23.0. The number of hydrogen-bond donors (Lipinski definition) is 0. The molecule has 5 aromatic carbocycles. The van der Waals surface area contributed by atoms with Gasteiger partial charge in [0.25, 0.3) is 6.71 Å². The maximum atomic E-state index is 8.86. The van der Waals surface area contributed by atoms with E-state index >= 15 is 0 Å². The molecule has 0 aliphatic carbocycles. The lowest BCUT2D eigenvalue weighted by molar-refractivity contribution is 0.291. The van der Waals surface area contributed by atoms with Crippen molar-refractivity contribution in [3.63, 3.8) is 0 Å². The number of aryl methyl sites for hydroxylation is 1. The summed E-state index contributed by atoms with van der Waals surface area (Å²) in [6, 6.07) is 33.2. The Bertz CT molecular complexity index is 2600. The molecule has 6 aromatic rings. The summed E-state index contributed by atoms with van der Waals surface area (Å²) in [5, 5.41) is 1.13. The van der Waals surface area contributed by atoms with Crippen molar-refractivity contribution in [3.8, 4) is 5.75 Å². The Morgan fingerprint density at radius 1 is 0.667 bits per heavy atom. The van der Waals surface area contributed by atoms with E-state index in [2.05, 4.69) is 165 Å². The number of rotatable bonds is 2. The zero-order chi connectivity index (χ0) is 40.8. The van der Waals surface area contributed by atoms with Crippen LogP contribution in [0.4, 0.5) is 34.1 Å². The third-order valence-electron chi connectivity index (χ3n) is 11.9. The highest BCUT2D eigenvalue weighted by atomic mass is 32.1. The standard InChI is InChI=1S/C49H53BN2OS/c1-29-23-39-43-40(24-29)52(34-20-15-31(16-21-34)47(5,6)7)44-35-26-41-36(49(11,12)28-53-41)27-42(35)54-45(44)50(43)37-25-32(48(8,9)10)17-22-38(37)51(39)33-18-13-30(14-19-33)46(2,3)4/h13-27H,28H2,1-12H3/i1D3. The van der Waals surface area contributed by atoms with Gasteiger partial charge < -0.3 is 14.5 Å². The molecule has 3 aliphatic rings. The Labute approximate surface area is 331 Å². The Hall–Kier alpha value is -4.48. The van der Waals surface area contributed by atoms with Crippen molar-refractivity contribution in [3.05, 3.63) is 119 Å². The van der Waals surface area contributed by atoms with E-state index in [0.29, 0.717) is 12.2 Å². The van der Waals surface area contributed by atoms with Gasteiger partial charge in [-0.05, 0) is 111 Å². The van der Waals surface area contributed by atoms with E-state index in [9.17, 15) is 0 Å². The fraction of sp³-hybridized carbons (Fsp3) is 0.347. The molecule has 0 N–H and O–H groups in total. The van der Waals surface area contributed by atoms with Gasteiger partial charge in [-0.15, -0.1) is 11.3 Å². The van der Waals surface area contributed by atoms with Gasteiger partial charge in [-0.2, -0.15) is 0 Å². The molecule has 0 fully saturated rings. The highest BCUT2D eigenvalue weighted by Crippen LogP contribution is 2.51. The number of nitrogens with zero attached hydrogens (tertiary/aromatic N) is 2. The topological polar surface area (TPSA) is 15.7 Å². The fourth-order valence-electron chi connectivity index (χ4n) is 8.73. The predicted molar refractivity (Wildman–Crippen MR) is 235 cm³/mol. The first-order chi connectivity index (χ1) is 26.5. The third-order valence-corrected chi connectivity index (χ3v) is 13.1. The molecule has 1 aromatic heterocycles. The molecule has 0 amide bonds. The average Bonchev–Trinajstić information content (AvgIpc) is 3.64. The summed E-state index contributed by atoms with van der Waals surface area (Å²) >= 11 is 1.87. The number of thiophene rings is 1. The van der Waals surface area contributed by atoms with Gasteiger partial charge >= 0.3 is 0 Å². The highest BCUT2D eigenvalue weighted by Gasteiger charge is 2.46. The minimum atomic E-state index is -2.34. The largest absolute Gasteiger partial charge is 0.492 e. The molecule has 0 saturated carbocycles. The Kier molecular flexibility index (Phi) is 6.79. The highest BCUT2D eigenvalue weighted by molar-refractivity contribution is 7.33. The Morgan fingerprint density at radius 3 is 1.80 bits per heavy atom. The van der Waals surface area contributed by atoms with Crippen LogP contribution in [0.15, 0.2) is 91.0 Å². The van der Waals surface area contributed by atoms with Gasteiger partial charge in [-0.3, -0.25) is 0 Å². The normalized spacial score (nSPS) is 16.9. The molecular weight excluding hydrogens is 675 g/mol. The Balaban J connectivity index is 1.41. The molecule has 54 heavy (non-hydrogen) atoms. The van der Waals surface area contributed by atoms with Crippen LogP contribution in [0.25, 0.3) is 10.1 Å². The second-order valence-electron chi connectivity index (χ2n) is 19.5. The van der Waals surface area contributed by atoms with Crippen molar-refractivity contribution in [1.29, 1.82) is 0 Å². The lowest BCUT2D eigenvalue weighted by Crippen LogP contribution is -2.60. The van der Waals surface area contributed by atoms with E-state index in [1.807, 2.05) is 23.5 Å². The number of anilines is 6. The van der Waals surface area contributed by atoms with Crippen LogP contribution < -0.4 is 30.2 Å². The lowest BCUT2D eigenvalue weighted by Gasteiger charge is -2.44. The maximum absolute atomic E-state index is 8.86. The van der Waals surface area contributed by atoms with Gasteiger partial charge in [-0.25, -0.2) is 0 Å². The van der Waals surface area contributed by atoms with E-state index in [4.69, 9.17) is 8.85 Å². The zero-order valence-corrected chi connectivity index (χ0v) is 34.5. The molecular formula is C49H53BN2OS. The molecule has 0 atom stereocenters. The first-order valence-corrected chi connectivity index (χ1v) is 20.2. The quantitative estimate of drug-likeness (QED) is 0.165. The Morgan fingerprint density at radius 2 is 1.22 bits per heavy atom. The second kappa shape index (κ2) is 11.5. The van der Waals surface area contributed by atoms with Crippen molar-refractivity contribution in [2.75, 3.05) is 16.4 Å². The summed E-state index contributed by atoms with van der Waals surface area (Å²) in [4.78, 5) is 4.68. The monoisotopic (exact) mass is 731 g/mol. The third kappa shape index (κ3) is 5.36. The second-order valence-corrected chi connectivity index (χ2v) is 20.6. The van der Waals surface area contributed by atoms with Crippen LogP contribution in [-0.2, 0) is 21.7 Å². The minimum Gasteiger partial charge on any atom is -0.492 e. The van der Waals surface area contributed by atoms with E-state index in [0.717, 1.165) is 50.7 Å². The smallest absolute Gasteiger partial charge is 0.264 e. The van der Waals surface area contributed by atoms with E-state index < -0.39 is 6.85 Å². The number of fused-ring (bicyclic) bond motifs is 7. The van der Waals surface area contributed by atoms with Crippen LogP contribution in [0.2, 0.25) is 0 Å². The van der Waals surface area contributed by atoms with Gasteiger partial charge in [0.2, 0.25) is 0 Å². The summed E-state index contributed by atoms with van der Waals surface area (Å²) < 4.78 is 35.4. The SMILES string of the molecule is [2H]C([2H])([2H])c1cc2c3c(c1)N(c1ccc(C(C)(C)C)cc1)c1c(sc4cc5c(cc14)OCC5(C)C)B3c1cc(C(C)(C)C)ccc1N2c1ccc(C(C)(C)C)cc1. The van der Waals surface area contributed by atoms with E-state index in [-0.39, 0.29) is 28.4 Å². The molecule has 4 heterocycles. The molecule has 9 rings (SSSR count). The van der Waals surface area contributed by atoms with Crippen molar-refractivity contribution in [2.24, 2.45) is 0 Å². The van der Waals surface area contributed by atoms with Crippen LogP contribution in [0, 0.1) is 6.85 Å². The molecule has 0 saturated heterocycles. The number of benzene rings is 5. The summed E-state index contributed by atoms with van der Waals surface area (Å²) in [7, 11) is 0. The first kappa shape index (κ1) is 31.8. The van der Waals surface area contributed by atoms with Crippen molar-refractivity contribution >= 4 is 78.0 Å². The van der Waals surface area contributed by atoms with Gasteiger partial charge in [0.1, 0.15) is 5.75 Å². The van der Waals surface area contributed by atoms with Crippen molar-refractivity contribution < 1.29 is 8.85 Å². The average molecular weight is 732 g/mol. The molecule has 3 nitrogen and oxygen atoms in total. The van der Waals surface area contributed by atoms with Gasteiger partial charge in [-0.1, -0.05) is 113 Å². The molecule has 274 valence electrons. The van der Waals surface area contributed by atoms with Crippen LogP contribution in [-0.4, -0.2) is 13.3 Å². The van der Waals surface area contributed by atoms with Crippen LogP contribution in [0.3, 0.4) is 0 Å². The van der Waals surface area contributed by atoms with Crippen LogP contribution in [0.5, 0.6) is 5.75 Å². The summed E-state index contributed by atoms with van der Waals surface area (Å²) in [5.41, 5.74) is 13.5. The molecule has 0 spiro atoms. The summed E-state index contributed by atoms with van der Waals surface area (Å²) in [6.07, 6.45) is 0. The van der Waals surface area contributed by atoms with E-state index in [1.54, 1.807) is 0 Å². The van der Waals surface area contributed by atoms with Crippen LogP contribution in [0.1, 0.15) is 108 Å². The summed E-state index contributed by atoms with van der Waals surface area (Å²) in [5.74, 6) is 0.933. The minimum absolute atomic E-state index is 0.00748. The van der Waals surface area contributed by atoms with Crippen molar-refractivity contribution in [1.82, 2.24) is 0 Å². The van der Waals surface area contributed by atoms with Crippen LogP contribution >= 0.6 is 11.3 Å². The maximum Gasteiger partial charge on any atom is 0.264 e. The first-order valence-electron chi connectivity index (χ1n) is 20.9. The van der Waals surface area contributed by atoms with Gasteiger partial charge in [0.05, 0.1) is 12.3 Å².